The van der Waals surface area contributed by atoms with E-state index >= 15 is 0 Å². The van der Waals surface area contributed by atoms with E-state index in [1.165, 1.54) is 0 Å². The second kappa shape index (κ2) is 4.56. The Morgan fingerprint density at radius 3 is 2.67 bits per heavy atom. The average molecular weight is 192 g/mol. The third-order valence-corrected chi connectivity index (χ3v) is 1.41. The Hall–Kier alpha value is -0.310. The topological polar surface area (TPSA) is 43.1 Å². The largest absolute Gasteiger partial charge is 0.366 e. The molecule has 3 heteroatoms. The minimum Gasteiger partial charge on any atom is -0.366 e. The van der Waals surface area contributed by atoms with E-state index in [2.05, 4.69) is 15.9 Å². The predicted molar refractivity (Wildman–Crippen MR) is 41.4 cm³/mol. The van der Waals surface area contributed by atoms with Crippen molar-refractivity contribution < 1.29 is 4.79 Å². The van der Waals surface area contributed by atoms with Gasteiger partial charge in [0, 0.05) is 10.9 Å². The molecule has 0 bridgehead atoms. The van der Waals surface area contributed by atoms with E-state index in [4.69, 9.17) is 5.73 Å². The minimum atomic E-state index is -0.337. The van der Waals surface area contributed by atoms with Gasteiger partial charge in [-0.2, -0.15) is 0 Å². The number of primary amides is 1. The Labute approximate surface area is 63.2 Å². The van der Waals surface area contributed by atoms with E-state index < -0.39 is 0 Å². The quantitative estimate of drug-likeness (QED) is 0.529. The Morgan fingerprint density at radius 2 is 2.33 bits per heavy atom. The van der Waals surface area contributed by atoms with Crippen molar-refractivity contribution in [2.24, 2.45) is 5.73 Å². The fourth-order valence-electron chi connectivity index (χ4n) is 0.372. The second-order valence-corrected chi connectivity index (χ2v) is 2.52. The van der Waals surface area contributed by atoms with Crippen LogP contribution in [0.25, 0.3) is 0 Å². The number of amides is 1. The van der Waals surface area contributed by atoms with Crippen molar-refractivity contribution in [3.8, 4) is 0 Å². The molecular weight excluding hydrogens is 182 g/mol. The van der Waals surface area contributed by atoms with Gasteiger partial charge in [-0.15, -0.1) is 0 Å². The second-order valence-electron chi connectivity index (χ2n) is 1.73. The van der Waals surface area contributed by atoms with Crippen LogP contribution in [0.5, 0.6) is 0 Å². The van der Waals surface area contributed by atoms with Crippen LogP contribution in [0, 0.1) is 0 Å². The fourth-order valence-corrected chi connectivity index (χ4v) is 0.601. The molecule has 0 aromatic carbocycles. The van der Waals surface area contributed by atoms with Crippen LogP contribution in [-0.4, -0.2) is 11.2 Å². The Morgan fingerprint density at radius 1 is 1.78 bits per heavy atom. The molecule has 1 amide bonds. The molecular formula is C6H10BrNO. The SMILES string of the molecule is CC(=CCCBr)C(N)=O. The highest BCUT2D eigenvalue weighted by atomic mass is 79.9. The summed E-state index contributed by atoms with van der Waals surface area (Å²) in [5, 5.41) is 0.873. The summed E-state index contributed by atoms with van der Waals surface area (Å²) in [5.74, 6) is -0.337. The van der Waals surface area contributed by atoms with Crippen molar-refractivity contribution >= 4 is 21.8 Å². The minimum absolute atomic E-state index is 0.337. The van der Waals surface area contributed by atoms with E-state index in [1.54, 1.807) is 6.92 Å². The van der Waals surface area contributed by atoms with E-state index in [1.807, 2.05) is 6.08 Å². The molecule has 0 aliphatic heterocycles. The first kappa shape index (κ1) is 8.69. The zero-order chi connectivity index (χ0) is 7.28. The van der Waals surface area contributed by atoms with Gasteiger partial charge < -0.3 is 5.73 Å². The van der Waals surface area contributed by atoms with Gasteiger partial charge in [0.1, 0.15) is 0 Å². The molecule has 0 aromatic rings. The first-order chi connectivity index (χ1) is 4.18. The smallest absolute Gasteiger partial charge is 0.244 e. The first-order valence-corrected chi connectivity index (χ1v) is 3.83. The molecule has 0 heterocycles. The summed E-state index contributed by atoms with van der Waals surface area (Å²) in [6.45, 7) is 1.71. The van der Waals surface area contributed by atoms with Crippen LogP contribution in [0.1, 0.15) is 13.3 Å². The van der Waals surface area contributed by atoms with Gasteiger partial charge in [0.15, 0.2) is 0 Å². The summed E-state index contributed by atoms with van der Waals surface area (Å²) in [7, 11) is 0. The Balaban J connectivity index is 3.69. The molecule has 0 rings (SSSR count). The highest BCUT2D eigenvalue weighted by molar-refractivity contribution is 9.09. The number of allylic oxidation sites excluding steroid dienone is 1. The van der Waals surface area contributed by atoms with Crippen molar-refractivity contribution in [2.45, 2.75) is 13.3 Å². The maximum atomic E-state index is 10.3. The molecule has 2 nitrogen and oxygen atoms in total. The van der Waals surface area contributed by atoms with Gasteiger partial charge in [0.05, 0.1) is 0 Å². The van der Waals surface area contributed by atoms with Crippen molar-refractivity contribution in [1.82, 2.24) is 0 Å². The van der Waals surface area contributed by atoms with Crippen LogP contribution >= 0.6 is 15.9 Å². The summed E-state index contributed by atoms with van der Waals surface area (Å²) in [6, 6.07) is 0. The van der Waals surface area contributed by atoms with Crippen molar-refractivity contribution in [3.63, 3.8) is 0 Å². The zero-order valence-electron chi connectivity index (χ0n) is 5.36. The van der Waals surface area contributed by atoms with Gasteiger partial charge in [-0.1, -0.05) is 22.0 Å². The highest BCUT2D eigenvalue weighted by Gasteiger charge is 1.93. The lowest BCUT2D eigenvalue weighted by atomic mass is 10.2. The number of carbonyl (C=O) groups excluding carboxylic acids is 1. The molecule has 0 saturated carbocycles. The van der Waals surface area contributed by atoms with Crippen LogP contribution in [-0.2, 0) is 4.79 Å². The fraction of sp³-hybridized carbons (Fsp3) is 0.500. The van der Waals surface area contributed by atoms with Crippen LogP contribution < -0.4 is 5.73 Å². The van der Waals surface area contributed by atoms with E-state index in [0.29, 0.717) is 5.57 Å². The summed E-state index contributed by atoms with van der Waals surface area (Å²) in [5.41, 5.74) is 5.59. The van der Waals surface area contributed by atoms with Gasteiger partial charge >= 0.3 is 0 Å². The first-order valence-electron chi connectivity index (χ1n) is 2.71. The normalized spacial score (nSPS) is 11.6. The van der Waals surface area contributed by atoms with Crippen molar-refractivity contribution in [2.75, 3.05) is 5.33 Å². The predicted octanol–water partition coefficient (Wildman–Crippen LogP) is 1.20. The maximum Gasteiger partial charge on any atom is 0.244 e. The van der Waals surface area contributed by atoms with Crippen molar-refractivity contribution in [1.29, 1.82) is 0 Å². The van der Waals surface area contributed by atoms with Crippen molar-refractivity contribution in [3.05, 3.63) is 11.6 Å². The molecule has 0 saturated heterocycles. The van der Waals surface area contributed by atoms with Crippen LogP contribution in [0.4, 0.5) is 0 Å². The Bertz CT molecular complexity index is 131. The lowest BCUT2D eigenvalue weighted by molar-refractivity contribution is -0.114. The van der Waals surface area contributed by atoms with Crippen LogP contribution in [0.2, 0.25) is 0 Å². The molecule has 0 spiro atoms. The van der Waals surface area contributed by atoms with Crippen LogP contribution in [0.15, 0.2) is 11.6 Å². The van der Waals surface area contributed by atoms with E-state index in [9.17, 15) is 4.79 Å². The molecule has 0 unspecified atom stereocenters. The number of hydrogen-bond acceptors (Lipinski definition) is 1. The maximum absolute atomic E-state index is 10.3. The lowest BCUT2D eigenvalue weighted by Crippen LogP contribution is -2.11. The number of hydrogen-bond donors (Lipinski definition) is 1. The van der Waals surface area contributed by atoms with Gasteiger partial charge in [0.2, 0.25) is 5.91 Å². The van der Waals surface area contributed by atoms with Gasteiger partial charge in [0.25, 0.3) is 0 Å². The number of alkyl halides is 1. The summed E-state index contributed by atoms with van der Waals surface area (Å²) in [6.07, 6.45) is 2.67. The Kier molecular flexibility index (Phi) is 4.40. The molecule has 0 aromatic heterocycles. The van der Waals surface area contributed by atoms with Gasteiger partial charge in [-0.05, 0) is 13.3 Å². The lowest BCUT2D eigenvalue weighted by Gasteiger charge is -1.90. The number of carbonyl (C=O) groups is 1. The molecule has 2 N–H and O–H groups in total. The third kappa shape index (κ3) is 4.21. The number of nitrogens with two attached hydrogens (primary N) is 1. The number of rotatable bonds is 3. The highest BCUT2D eigenvalue weighted by Crippen LogP contribution is 1.95. The monoisotopic (exact) mass is 191 g/mol. The molecule has 9 heavy (non-hydrogen) atoms. The van der Waals surface area contributed by atoms with Gasteiger partial charge in [-0.25, -0.2) is 0 Å². The zero-order valence-corrected chi connectivity index (χ0v) is 6.94. The molecule has 0 fully saturated rings. The molecule has 0 atom stereocenters. The summed E-state index contributed by atoms with van der Waals surface area (Å²) >= 11 is 3.23. The standard InChI is InChI=1S/C6H10BrNO/c1-5(6(8)9)3-2-4-7/h3H,2,4H2,1H3,(H2,8,9). The summed E-state index contributed by atoms with van der Waals surface area (Å²) < 4.78 is 0. The van der Waals surface area contributed by atoms with E-state index in [0.717, 1.165) is 11.8 Å². The molecule has 0 aliphatic rings. The average Bonchev–Trinajstić information content (AvgIpc) is 1.82. The summed E-state index contributed by atoms with van der Waals surface area (Å²) in [4.78, 5) is 10.3. The van der Waals surface area contributed by atoms with Gasteiger partial charge in [-0.3, -0.25) is 4.79 Å². The third-order valence-electron chi connectivity index (χ3n) is 0.948. The number of halogens is 1. The molecule has 0 aliphatic carbocycles. The molecule has 52 valence electrons. The van der Waals surface area contributed by atoms with E-state index in [-0.39, 0.29) is 5.91 Å². The molecule has 0 radical (unpaired) electrons. The van der Waals surface area contributed by atoms with Crippen LogP contribution in [0.3, 0.4) is 0 Å².